The Kier molecular flexibility index (Phi) is 3.32. The highest BCUT2D eigenvalue weighted by Crippen LogP contribution is 2.20. The Morgan fingerprint density at radius 3 is 2.50 bits per heavy atom. The average molecular weight is 226 g/mol. The molecule has 1 heterocycles. The van der Waals surface area contributed by atoms with Gasteiger partial charge in [-0.1, -0.05) is 5.21 Å². The fourth-order valence-electron chi connectivity index (χ4n) is 1.01. The largest absolute Gasteiger partial charge is 0.388 e. The van der Waals surface area contributed by atoms with Crippen molar-refractivity contribution in [2.24, 2.45) is 0 Å². The number of aliphatic hydroxyl groups is 1. The van der Waals surface area contributed by atoms with Crippen LogP contribution in [-0.4, -0.2) is 37.1 Å². The first-order valence-electron chi connectivity index (χ1n) is 5.10. The van der Waals surface area contributed by atoms with Crippen LogP contribution in [0.2, 0.25) is 0 Å². The minimum Gasteiger partial charge on any atom is -0.388 e. The van der Waals surface area contributed by atoms with E-state index in [2.05, 4.69) is 15.6 Å². The lowest BCUT2D eigenvalue weighted by Gasteiger charge is -2.37. The van der Waals surface area contributed by atoms with E-state index in [1.807, 2.05) is 0 Å². The van der Waals surface area contributed by atoms with Crippen molar-refractivity contribution in [3.8, 4) is 0 Å². The van der Waals surface area contributed by atoms with Gasteiger partial charge in [0, 0.05) is 6.20 Å². The summed E-state index contributed by atoms with van der Waals surface area (Å²) in [6, 6.07) is 0. The van der Waals surface area contributed by atoms with E-state index in [1.165, 1.54) is 10.9 Å². The Labute approximate surface area is 94.7 Å². The highest BCUT2D eigenvalue weighted by molar-refractivity contribution is 5.76. The number of hydrogen-bond acceptors (Lipinski definition) is 4. The predicted octanol–water partition coefficient (Wildman–Crippen LogP) is -0.0562. The summed E-state index contributed by atoms with van der Waals surface area (Å²) in [6.07, 6.45) is 3.12. The van der Waals surface area contributed by atoms with Crippen LogP contribution in [0, 0.1) is 0 Å². The van der Waals surface area contributed by atoms with Gasteiger partial charge in [-0.25, -0.2) is 4.68 Å². The minimum absolute atomic E-state index is 0.0967. The van der Waals surface area contributed by atoms with Crippen LogP contribution >= 0.6 is 0 Å². The molecule has 0 unspecified atom stereocenters. The van der Waals surface area contributed by atoms with Crippen LogP contribution in [0.4, 0.5) is 0 Å². The lowest BCUT2D eigenvalue weighted by Crippen LogP contribution is -2.58. The maximum atomic E-state index is 11.7. The molecule has 0 bridgehead atoms. The first-order valence-corrected chi connectivity index (χ1v) is 5.10. The average Bonchev–Trinajstić information content (AvgIpc) is 2.52. The third-order valence-electron chi connectivity index (χ3n) is 2.76. The zero-order chi connectivity index (χ0) is 12.4. The van der Waals surface area contributed by atoms with Crippen LogP contribution < -0.4 is 5.32 Å². The molecular formula is C10H18N4O2. The van der Waals surface area contributed by atoms with Crippen molar-refractivity contribution in [2.45, 2.75) is 45.4 Å². The molecule has 1 aromatic heterocycles. The molecule has 0 atom stereocenters. The summed E-state index contributed by atoms with van der Waals surface area (Å²) in [5.74, 6) is -0.211. The van der Waals surface area contributed by atoms with Crippen molar-refractivity contribution in [2.75, 3.05) is 0 Å². The minimum atomic E-state index is -0.995. The molecule has 1 rings (SSSR count). The monoisotopic (exact) mass is 226 g/mol. The zero-order valence-electron chi connectivity index (χ0n) is 10.1. The van der Waals surface area contributed by atoms with Crippen molar-refractivity contribution >= 4 is 5.91 Å². The SMILES string of the molecule is CC(C)(O)C(C)(C)NC(=O)Cn1ccnn1. The van der Waals surface area contributed by atoms with Crippen molar-refractivity contribution < 1.29 is 9.90 Å². The van der Waals surface area contributed by atoms with E-state index in [-0.39, 0.29) is 12.5 Å². The lowest BCUT2D eigenvalue weighted by molar-refractivity contribution is -0.126. The Balaban J connectivity index is 2.58. The summed E-state index contributed by atoms with van der Waals surface area (Å²) in [5.41, 5.74) is -1.70. The van der Waals surface area contributed by atoms with Gasteiger partial charge in [-0.15, -0.1) is 5.10 Å². The number of carbonyl (C=O) groups excluding carboxylic acids is 1. The van der Waals surface area contributed by atoms with Gasteiger partial charge < -0.3 is 10.4 Å². The number of hydrogen-bond donors (Lipinski definition) is 2. The van der Waals surface area contributed by atoms with Gasteiger partial charge in [0.05, 0.1) is 17.3 Å². The number of amides is 1. The molecule has 0 aliphatic heterocycles. The second kappa shape index (κ2) is 4.21. The van der Waals surface area contributed by atoms with E-state index in [0.29, 0.717) is 0 Å². The molecule has 6 heteroatoms. The third kappa shape index (κ3) is 3.03. The number of aromatic nitrogens is 3. The zero-order valence-corrected chi connectivity index (χ0v) is 10.1. The van der Waals surface area contributed by atoms with Gasteiger partial charge in [-0.3, -0.25) is 4.79 Å². The lowest BCUT2D eigenvalue weighted by atomic mass is 9.86. The molecule has 0 aromatic carbocycles. The Bertz CT molecular complexity index is 351. The van der Waals surface area contributed by atoms with Crippen molar-refractivity contribution in [3.05, 3.63) is 12.4 Å². The van der Waals surface area contributed by atoms with Crippen LogP contribution in [0.3, 0.4) is 0 Å². The first kappa shape index (κ1) is 12.6. The van der Waals surface area contributed by atoms with E-state index in [1.54, 1.807) is 33.9 Å². The topological polar surface area (TPSA) is 80.0 Å². The second-order valence-electron chi connectivity index (χ2n) is 4.83. The summed E-state index contributed by atoms with van der Waals surface area (Å²) in [5, 5.41) is 19.9. The summed E-state index contributed by atoms with van der Waals surface area (Å²) in [4.78, 5) is 11.7. The maximum absolute atomic E-state index is 11.7. The molecule has 6 nitrogen and oxygen atoms in total. The van der Waals surface area contributed by atoms with Gasteiger partial charge in [0.2, 0.25) is 5.91 Å². The molecule has 0 aliphatic rings. The Morgan fingerprint density at radius 1 is 1.44 bits per heavy atom. The number of nitrogens with zero attached hydrogens (tertiary/aromatic N) is 3. The molecule has 1 amide bonds. The molecule has 0 saturated carbocycles. The number of nitrogens with one attached hydrogen (secondary N) is 1. The van der Waals surface area contributed by atoms with E-state index >= 15 is 0 Å². The van der Waals surface area contributed by atoms with Gasteiger partial charge >= 0.3 is 0 Å². The van der Waals surface area contributed by atoms with E-state index in [9.17, 15) is 9.90 Å². The molecule has 0 fully saturated rings. The first-order chi connectivity index (χ1) is 7.22. The normalized spacial score (nSPS) is 12.6. The quantitative estimate of drug-likeness (QED) is 0.754. The van der Waals surface area contributed by atoms with E-state index < -0.39 is 11.1 Å². The fraction of sp³-hybridized carbons (Fsp3) is 0.700. The fourth-order valence-corrected chi connectivity index (χ4v) is 1.01. The summed E-state index contributed by atoms with van der Waals surface area (Å²) < 4.78 is 1.43. The van der Waals surface area contributed by atoms with E-state index in [4.69, 9.17) is 0 Å². The second-order valence-corrected chi connectivity index (χ2v) is 4.83. The molecule has 1 aromatic rings. The predicted molar refractivity (Wildman–Crippen MR) is 58.5 cm³/mol. The molecular weight excluding hydrogens is 208 g/mol. The van der Waals surface area contributed by atoms with Gasteiger partial charge in [0.15, 0.2) is 0 Å². The summed E-state index contributed by atoms with van der Waals surface area (Å²) in [7, 11) is 0. The van der Waals surface area contributed by atoms with Gasteiger partial charge in [0.25, 0.3) is 0 Å². The Morgan fingerprint density at radius 2 is 2.06 bits per heavy atom. The number of carbonyl (C=O) groups is 1. The Hall–Kier alpha value is -1.43. The summed E-state index contributed by atoms with van der Waals surface area (Å²) >= 11 is 0. The van der Waals surface area contributed by atoms with Crippen LogP contribution in [0.5, 0.6) is 0 Å². The molecule has 0 saturated heterocycles. The standard InChI is InChI=1S/C10H18N4O2/c1-9(2,10(3,4)16)12-8(15)7-14-6-5-11-13-14/h5-6,16H,7H2,1-4H3,(H,12,15). The van der Waals surface area contributed by atoms with E-state index in [0.717, 1.165) is 0 Å². The van der Waals surface area contributed by atoms with Gasteiger partial charge in [0.1, 0.15) is 6.54 Å². The van der Waals surface area contributed by atoms with Gasteiger partial charge in [-0.2, -0.15) is 0 Å². The van der Waals surface area contributed by atoms with Crippen LogP contribution in [0.1, 0.15) is 27.7 Å². The van der Waals surface area contributed by atoms with Crippen LogP contribution in [0.25, 0.3) is 0 Å². The summed E-state index contributed by atoms with van der Waals surface area (Å²) in [6.45, 7) is 6.95. The molecule has 0 radical (unpaired) electrons. The van der Waals surface area contributed by atoms with Gasteiger partial charge in [-0.05, 0) is 27.7 Å². The van der Waals surface area contributed by atoms with Crippen LogP contribution in [-0.2, 0) is 11.3 Å². The van der Waals surface area contributed by atoms with Crippen LogP contribution in [0.15, 0.2) is 12.4 Å². The highest BCUT2D eigenvalue weighted by atomic mass is 16.3. The smallest absolute Gasteiger partial charge is 0.242 e. The van der Waals surface area contributed by atoms with Crippen molar-refractivity contribution in [1.82, 2.24) is 20.3 Å². The molecule has 0 spiro atoms. The third-order valence-corrected chi connectivity index (χ3v) is 2.76. The van der Waals surface area contributed by atoms with Crippen molar-refractivity contribution in [1.29, 1.82) is 0 Å². The molecule has 0 aliphatic carbocycles. The van der Waals surface area contributed by atoms with Crippen molar-refractivity contribution in [3.63, 3.8) is 0 Å². The molecule has 16 heavy (non-hydrogen) atoms. The molecule has 90 valence electrons. The molecule has 2 N–H and O–H groups in total. The highest BCUT2D eigenvalue weighted by Gasteiger charge is 2.36. The maximum Gasteiger partial charge on any atom is 0.242 e. The number of rotatable bonds is 4.